The summed E-state index contributed by atoms with van der Waals surface area (Å²) in [6, 6.07) is 2.27. The molecular formula is C17H25N3O2S. The van der Waals surface area contributed by atoms with Gasteiger partial charge in [-0.15, -0.1) is 0 Å². The van der Waals surface area contributed by atoms with Crippen molar-refractivity contribution in [1.82, 2.24) is 9.21 Å². The van der Waals surface area contributed by atoms with Crippen LogP contribution in [0, 0.1) is 0 Å². The number of aryl methyl sites for hydroxylation is 2. The first-order valence-corrected chi connectivity index (χ1v) is 10.1. The van der Waals surface area contributed by atoms with Crippen LogP contribution in [0.3, 0.4) is 0 Å². The van der Waals surface area contributed by atoms with Gasteiger partial charge in [0, 0.05) is 19.6 Å². The topological polar surface area (TPSA) is 66.6 Å². The van der Waals surface area contributed by atoms with E-state index in [2.05, 4.69) is 18.0 Å². The summed E-state index contributed by atoms with van der Waals surface area (Å²) in [5.41, 5.74) is 7.03. The number of nitrogens with zero attached hydrogens (tertiary/aromatic N) is 2. The molecule has 0 aromatic heterocycles. The highest BCUT2D eigenvalue weighted by Crippen LogP contribution is 2.41. The number of benzene rings is 1. The summed E-state index contributed by atoms with van der Waals surface area (Å²) in [6.45, 7) is 1.96. The Labute approximate surface area is 138 Å². The molecule has 2 N–H and O–H groups in total. The van der Waals surface area contributed by atoms with Crippen molar-refractivity contribution in [3.05, 3.63) is 33.9 Å². The zero-order valence-electron chi connectivity index (χ0n) is 13.7. The highest BCUT2D eigenvalue weighted by atomic mass is 32.2. The van der Waals surface area contributed by atoms with Crippen LogP contribution in [0.1, 0.15) is 46.7 Å². The van der Waals surface area contributed by atoms with Crippen molar-refractivity contribution in [2.75, 3.05) is 26.7 Å². The van der Waals surface area contributed by atoms with Gasteiger partial charge < -0.3 is 4.90 Å². The molecule has 126 valence electrons. The van der Waals surface area contributed by atoms with Crippen molar-refractivity contribution in [1.29, 1.82) is 0 Å². The zero-order chi connectivity index (χ0) is 16.2. The summed E-state index contributed by atoms with van der Waals surface area (Å²) >= 11 is 0. The normalized spacial score (nSPS) is 25.6. The molecule has 6 heteroatoms. The molecule has 1 saturated heterocycles. The number of hydrogen-bond donors (Lipinski definition) is 1. The van der Waals surface area contributed by atoms with Crippen molar-refractivity contribution < 1.29 is 8.42 Å². The van der Waals surface area contributed by atoms with Crippen LogP contribution in [-0.4, -0.2) is 44.3 Å². The fourth-order valence-electron chi connectivity index (χ4n) is 4.71. The Hall–Kier alpha value is -0.950. The van der Waals surface area contributed by atoms with E-state index in [1.54, 1.807) is 4.31 Å². The van der Waals surface area contributed by atoms with Gasteiger partial charge in [0.1, 0.15) is 0 Å². The lowest BCUT2D eigenvalue weighted by Crippen LogP contribution is -2.51. The second kappa shape index (κ2) is 5.55. The molecule has 1 heterocycles. The first-order chi connectivity index (χ1) is 10.9. The summed E-state index contributed by atoms with van der Waals surface area (Å²) in [5, 5.41) is 5.55. The standard InChI is InChI=1S/C17H25N3O2S/c1-19-8-9-20(23(18,21)22)16(11-19)17-14-6-2-4-12(14)10-13-5-3-7-15(13)17/h10,16H,2-9,11H2,1H3,(H2,18,21,22). The Bertz CT molecular complexity index is 712. The first kappa shape index (κ1) is 15.6. The van der Waals surface area contributed by atoms with E-state index in [4.69, 9.17) is 5.14 Å². The lowest BCUT2D eigenvalue weighted by Gasteiger charge is -2.40. The molecule has 2 aliphatic carbocycles. The van der Waals surface area contributed by atoms with E-state index in [1.807, 2.05) is 0 Å². The average Bonchev–Trinajstić information content (AvgIpc) is 3.11. The molecule has 1 atom stereocenters. The fourth-order valence-corrected chi connectivity index (χ4v) is 5.57. The van der Waals surface area contributed by atoms with Crippen LogP contribution in [0.25, 0.3) is 0 Å². The molecule has 0 bridgehead atoms. The Morgan fingerprint density at radius 1 is 1.04 bits per heavy atom. The average molecular weight is 335 g/mol. The maximum Gasteiger partial charge on any atom is 0.277 e. The van der Waals surface area contributed by atoms with Crippen LogP contribution in [0.15, 0.2) is 6.07 Å². The SMILES string of the molecule is CN1CCN(S(N)(=O)=O)C(c2c3c(cc4c2CCC4)CCC3)C1. The molecule has 1 aliphatic heterocycles. The Morgan fingerprint density at radius 3 is 2.22 bits per heavy atom. The second-order valence-corrected chi connectivity index (χ2v) is 8.71. The summed E-state index contributed by atoms with van der Waals surface area (Å²) in [7, 11) is -1.61. The van der Waals surface area contributed by atoms with E-state index >= 15 is 0 Å². The molecule has 5 nitrogen and oxygen atoms in total. The van der Waals surface area contributed by atoms with Crippen LogP contribution < -0.4 is 5.14 Å². The quantitative estimate of drug-likeness (QED) is 0.882. The minimum absolute atomic E-state index is 0.122. The van der Waals surface area contributed by atoms with Gasteiger partial charge in [0.2, 0.25) is 0 Å². The van der Waals surface area contributed by atoms with E-state index in [1.165, 1.54) is 40.7 Å². The number of rotatable bonds is 2. The van der Waals surface area contributed by atoms with Crippen LogP contribution in [-0.2, 0) is 35.9 Å². The van der Waals surface area contributed by atoms with Crippen LogP contribution >= 0.6 is 0 Å². The summed E-state index contributed by atoms with van der Waals surface area (Å²) in [4.78, 5) is 2.22. The minimum atomic E-state index is -3.67. The van der Waals surface area contributed by atoms with Gasteiger partial charge in [-0.1, -0.05) is 6.07 Å². The van der Waals surface area contributed by atoms with Gasteiger partial charge in [-0.25, -0.2) is 5.14 Å². The van der Waals surface area contributed by atoms with Gasteiger partial charge in [-0.05, 0) is 73.4 Å². The highest BCUT2D eigenvalue weighted by Gasteiger charge is 2.38. The van der Waals surface area contributed by atoms with Gasteiger partial charge in [0.25, 0.3) is 10.2 Å². The lowest BCUT2D eigenvalue weighted by atomic mass is 9.88. The van der Waals surface area contributed by atoms with Gasteiger partial charge in [0.05, 0.1) is 6.04 Å². The molecule has 1 aromatic rings. The van der Waals surface area contributed by atoms with Crippen molar-refractivity contribution in [3.63, 3.8) is 0 Å². The first-order valence-electron chi connectivity index (χ1n) is 8.59. The highest BCUT2D eigenvalue weighted by molar-refractivity contribution is 7.86. The van der Waals surface area contributed by atoms with Crippen molar-refractivity contribution >= 4 is 10.2 Å². The summed E-state index contributed by atoms with van der Waals surface area (Å²) in [6.07, 6.45) is 6.79. The van der Waals surface area contributed by atoms with E-state index in [0.29, 0.717) is 6.54 Å². The summed E-state index contributed by atoms with van der Waals surface area (Å²) in [5.74, 6) is 0. The predicted octanol–water partition coefficient (Wildman–Crippen LogP) is 1.16. The monoisotopic (exact) mass is 335 g/mol. The third-order valence-electron chi connectivity index (χ3n) is 5.71. The Kier molecular flexibility index (Phi) is 3.76. The number of piperazine rings is 1. The number of likely N-dealkylation sites (N-methyl/N-ethyl adjacent to an activating group) is 1. The van der Waals surface area contributed by atoms with Crippen LogP contribution in [0.2, 0.25) is 0 Å². The maximum atomic E-state index is 12.2. The molecule has 0 amide bonds. The second-order valence-electron chi connectivity index (χ2n) is 7.21. The largest absolute Gasteiger partial charge is 0.303 e. The van der Waals surface area contributed by atoms with Gasteiger partial charge >= 0.3 is 0 Å². The molecule has 0 radical (unpaired) electrons. The molecule has 4 rings (SSSR count). The summed E-state index contributed by atoms with van der Waals surface area (Å²) < 4.78 is 25.9. The number of nitrogens with two attached hydrogens (primary N) is 1. The lowest BCUT2D eigenvalue weighted by molar-refractivity contribution is 0.159. The maximum absolute atomic E-state index is 12.2. The molecule has 1 aromatic carbocycles. The number of hydrogen-bond acceptors (Lipinski definition) is 3. The van der Waals surface area contributed by atoms with E-state index in [9.17, 15) is 8.42 Å². The zero-order valence-corrected chi connectivity index (χ0v) is 14.5. The predicted molar refractivity (Wildman–Crippen MR) is 90.5 cm³/mol. The molecule has 0 spiro atoms. The van der Waals surface area contributed by atoms with Crippen molar-refractivity contribution in [3.8, 4) is 0 Å². The van der Waals surface area contributed by atoms with Gasteiger partial charge in [-0.2, -0.15) is 12.7 Å². The number of fused-ring (bicyclic) bond motifs is 2. The molecule has 1 fully saturated rings. The van der Waals surface area contributed by atoms with Gasteiger partial charge in [0.15, 0.2) is 0 Å². The van der Waals surface area contributed by atoms with Crippen LogP contribution in [0.5, 0.6) is 0 Å². The van der Waals surface area contributed by atoms with E-state index in [0.717, 1.165) is 38.8 Å². The van der Waals surface area contributed by atoms with Crippen molar-refractivity contribution in [2.45, 2.75) is 44.6 Å². The fraction of sp³-hybridized carbons (Fsp3) is 0.647. The minimum Gasteiger partial charge on any atom is -0.303 e. The Balaban J connectivity index is 1.88. The van der Waals surface area contributed by atoms with E-state index < -0.39 is 10.2 Å². The molecule has 0 saturated carbocycles. The third-order valence-corrected chi connectivity index (χ3v) is 6.80. The van der Waals surface area contributed by atoms with Crippen LogP contribution in [0.4, 0.5) is 0 Å². The van der Waals surface area contributed by atoms with Gasteiger partial charge in [-0.3, -0.25) is 0 Å². The van der Waals surface area contributed by atoms with Crippen molar-refractivity contribution in [2.24, 2.45) is 5.14 Å². The third kappa shape index (κ3) is 2.61. The smallest absolute Gasteiger partial charge is 0.277 e. The molecule has 23 heavy (non-hydrogen) atoms. The Morgan fingerprint density at radius 2 is 1.65 bits per heavy atom. The molecule has 1 unspecified atom stereocenters. The molecular weight excluding hydrogens is 310 g/mol. The van der Waals surface area contributed by atoms with E-state index in [-0.39, 0.29) is 6.04 Å². The molecule has 3 aliphatic rings.